The molecule has 3 heterocycles. The van der Waals surface area contributed by atoms with Gasteiger partial charge in [-0.1, -0.05) is 0 Å². The van der Waals surface area contributed by atoms with Crippen molar-refractivity contribution in [3.8, 4) is 5.75 Å². The van der Waals surface area contributed by atoms with Crippen LogP contribution in [0.25, 0.3) is 0 Å². The normalized spacial score (nSPS) is 23.7. The van der Waals surface area contributed by atoms with Crippen molar-refractivity contribution in [2.24, 2.45) is 0 Å². The predicted molar refractivity (Wildman–Crippen MR) is 149 cm³/mol. The van der Waals surface area contributed by atoms with E-state index in [1.54, 1.807) is 4.90 Å². The molecule has 1 aromatic carbocycles. The number of amides is 5. The van der Waals surface area contributed by atoms with Crippen molar-refractivity contribution in [2.75, 3.05) is 46.9 Å². The van der Waals surface area contributed by atoms with Gasteiger partial charge in [-0.05, 0) is 43.9 Å². The number of nitrogens with zero attached hydrogens (tertiary/aromatic N) is 4. The Morgan fingerprint density at radius 2 is 1.79 bits per heavy atom. The molecule has 0 aromatic heterocycles. The molecule has 3 aliphatic rings. The van der Waals surface area contributed by atoms with Crippen LogP contribution < -0.4 is 10.1 Å². The molecule has 13 nitrogen and oxygen atoms in total. The fraction of sp³-hybridized carbons (Fsp3) is 0.586. The molecule has 2 N–H and O–H groups in total. The summed E-state index contributed by atoms with van der Waals surface area (Å²) < 4.78 is 20.4. The Morgan fingerprint density at radius 1 is 1.07 bits per heavy atom. The Kier molecular flexibility index (Phi) is 10.2. The molecule has 3 atom stereocenters. The number of fused-ring (bicyclic) bond motifs is 2. The molecule has 0 unspecified atom stereocenters. The standard InChI is InChI=1S/C29H38FN5O8/c1-32-16-26(38)35-15-19(31-24(36)8-10-27(39)40)14-20(35)17-43-23-7-5-18(30)13-21(23)28(41)33(2)22(6-9-25(32)37)29(42)34-11-3-4-12-34/h5,7,13,19-20,22H,3-4,6,8-12,14-17H2,1-2H3,(H,31,36)(H,39,40)/t19-,20-,22+/m0/s1. The van der Waals surface area contributed by atoms with Crippen LogP contribution in [0.2, 0.25) is 0 Å². The van der Waals surface area contributed by atoms with Gasteiger partial charge in [-0.15, -0.1) is 0 Å². The molecule has 43 heavy (non-hydrogen) atoms. The van der Waals surface area contributed by atoms with Crippen LogP contribution in [-0.4, -0.2) is 125 Å². The molecule has 0 spiro atoms. The highest BCUT2D eigenvalue weighted by Gasteiger charge is 2.38. The summed E-state index contributed by atoms with van der Waals surface area (Å²) >= 11 is 0. The Morgan fingerprint density at radius 3 is 2.49 bits per heavy atom. The van der Waals surface area contributed by atoms with Crippen LogP contribution in [0.5, 0.6) is 5.75 Å². The third kappa shape index (κ3) is 7.79. The summed E-state index contributed by atoms with van der Waals surface area (Å²) in [6, 6.07) is 1.45. The number of carbonyl (C=O) groups excluding carboxylic acids is 5. The van der Waals surface area contributed by atoms with E-state index in [1.807, 2.05) is 0 Å². The SMILES string of the molecule is CN1CC(=O)N2C[C@@H](NC(=O)CCC(=O)O)C[C@H]2COc2ccc(F)cc2C(=O)N(C)[C@@H](C(=O)N2CCCC2)CCC1=O. The van der Waals surface area contributed by atoms with E-state index in [0.29, 0.717) is 13.1 Å². The van der Waals surface area contributed by atoms with Crippen molar-refractivity contribution in [3.63, 3.8) is 0 Å². The van der Waals surface area contributed by atoms with Gasteiger partial charge >= 0.3 is 5.97 Å². The number of nitrogens with one attached hydrogen (secondary N) is 1. The number of ether oxygens (including phenoxy) is 1. The van der Waals surface area contributed by atoms with Gasteiger partial charge in [0.1, 0.15) is 24.2 Å². The first kappa shape index (κ1) is 31.7. The van der Waals surface area contributed by atoms with Gasteiger partial charge in [0.15, 0.2) is 0 Å². The molecule has 14 heteroatoms. The van der Waals surface area contributed by atoms with Crippen molar-refractivity contribution in [1.82, 2.24) is 24.9 Å². The second-order valence-corrected chi connectivity index (χ2v) is 11.3. The number of hydrogen-bond acceptors (Lipinski definition) is 7. The minimum absolute atomic E-state index is 0.0111. The lowest BCUT2D eigenvalue weighted by Crippen LogP contribution is -2.49. The number of carboxylic acid groups (broad SMARTS) is 1. The number of hydrogen-bond donors (Lipinski definition) is 2. The third-order valence-electron chi connectivity index (χ3n) is 8.19. The number of likely N-dealkylation sites (tertiary alicyclic amines) is 1. The van der Waals surface area contributed by atoms with Gasteiger partial charge in [-0.3, -0.25) is 28.8 Å². The zero-order chi connectivity index (χ0) is 31.3. The summed E-state index contributed by atoms with van der Waals surface area (Å²) in [5.74, 6) is -3.90. The van der Waals surface area contributed by atoms with E-state index in [2.05, 4.69) is 5.32 Å². The highest BCUT2D eigenvalue weighted by atomic mass is 19.1. The van der Waals surface area contributed by atoms with Gasteiger partial charge in [0.2, 0.25) is 23.6 Å². The van der Waals surface area contributed by atoms with Crippen LogP contribution in [0, 0.1) is 5.82 Å². The number of rotatable bonds is 5. The molecule has 0 aliphatic carbocycles. The summed E-state index contributed by atoms with van der Waals surface area (Å²) in [5, 5.41) is 11.6. The zero-order valence-electron chi connectivity index (χ0n) is 24.4. The summed E-state index contributed by atoms with van der Waals surface area (Å²) in [6.07, 6.45) is 1.31. The van der Waals surface area contributed by atoms with Crippen molar-refractivity contribution >= 4 is 35.5 Å². The van der Waals surface area contributed by atoms with E-state index in [1.165, 1.54) is 34.9 Å². The summed E-state index contributed by atoms with van der Waals surface area (Å²) in [7, 11) is 2.93. The first-order valence-electron chi connectivity index (χ1n) is 14.5. The summed E-state index contributed by atoms with van der Waals surface area (Å²) in [5.41, 5.74) is -0.102. The van der Waals surface area contributed by atoms with E-state index in [-0.39, 0.29) is 80.8 Å². The first-order valence-corrected chi connectivity index (χ1v) is 14.5. The second kappa shape index (κ2) is 13.8. The first-order chi connectivity index (χ1) is 20.4. The largest absolute Gasteiger partial charge is 0.491 e. The average molecular weight is 604 g/mol. The van der Waals surface area contributed by atoms with E-state index in [0.717, 1.165) is 25.0 Å². The lowest BCUT2D eigenvalue weighted by molar-refractivity contribution is -0.141. The maximum Gasteiger partial charge on any atom is 0.303 e. The minimum Gasteiger partial charge on any atom is -0.491 e. The topological polar surface area (TPSA) is 157 Å². The maximum absolute atomic E-state index is 14.4. The predicted octanol–water partition coefficient (Wildman–Crippen LogP) is 0.470. The van der Waals surface area contributed by atoms with Gasteiger partial charge in [0.05, 0.1) is 24.6 Å². The zero-order valence-corrected chi connectivity index (χ0v) is 24.4. The summed E-state index contributed by atoms with van der Waals surface area (Å²) in [6.45, 7) is 0.851. The molecule has 0 bridgehead atoms. The van der Waals surface area contributed by atoms with E-state index >= 15 is 0 Å². The van der Waals surface area contributed by atoms with Crippen LogP contribution in [-0.2, 0) is 24.0 Å². The van der Waals surface area contributed by atoms with Gasteiger partial charge in [-0.2, -0.15) is 0 Å². The molecule has 0 saturated carbocycles. The maximum atomic E-state index is 14.4. The lowest BCUT2D eigenvalue weighted by Gasteiger charge is -2.31. The van der Waals surface area contributed by atoms with Crippen LogP contribution in [0.3, 0.4) is 0 Å². The Bertz CT molecular complexity index is 1270. The molecule has 1 aromatic rings. The fourth-order valence-electron chi connectivity index (χ4n) is 5.78. The second-order valence-electron chi connectivity index (χ2n) is 11.3. The van der Waals surface area contributed by atoms with E-state index in [9.17, 15) is 33.2 Å². The lowest BCUT2D eigenvalue weighted by atomic mass is 10.1. The number of carboxylic acids is 1. The fourth-order valence-corrected chi connectivity index (χ4v) is 5.78. The summed E-state index contributed by atoms with van der Waals surface area (Å²) in [4.78, 5) is 82.4. The number of aliphatic carboxylic acids is 1. The molecule has 2 saturated heterocycles. The average Bonchev–Trinajstić information content (AvgIpc) is 3.65. The molecule has 5 amide bonds. The Hall–Kier alpha value is -4.23. The molecule has 0 radical (unpaired) electrons. The molecule has 3 aliphatic heterocycles. The van der Waals surface area contributed by atoms with Gasteiger partial charge in [-0.25, -0.2) is 4.39 Å². The smallest absolute Gasteiger partial charge is 0.303 e. The molecule has 2 fully saturated rings. The Labute approximate surface area is 248 Å². The number of benzene rings is 1. The van der Waals surface area contributed by atoms with Crippen LogP contribution in [0.4, 0.5) is 4.39 Å². The quantitative estimate of drug-likeness (QED) is 0.492. The number of likely N-dealkylation sites (N-methyl/N-ethyl adjacent to an activating group) is 2. The molecule has 4 rings (SSSR count). The van der Waals surface area contributed by atoms with Crippen molar-refractivity contribution < 1.29 is 43.0 Å². The molecular formula is C29H38FN5O8. The monoisotopic (exact) mass is 603 g/mol. The van der Waals surface area contributed by atoms with E-state index in [4.69, 9.17) is 9.84 Å². The molecular weight excluding hydrogens is 565 g/mol. The van der Waals surface area contributed by atoms with Crippen molar-refractivity contribution in [2.45, 2.75) is 63.1 Å². The highest BCUT2D eigenvalue weighted by Crippen LogP contribution is 2.27. The Balaban J connectivity index is 1.61. The van der Waals surface area contributed by atoms with Gasteiger partial charge in [0, 0.05) is 52.6 Å². The van der Waals surface area contributed by atoms with Crippen molar-refractivity contribution in [1.29, 1.82) is 0 Å². The van der Waals surface area contributed by atoms with Gasteiger partial charge < -0.3 is 34.8 Å². The number of halogens is 1. The van der Waals surface area contributed by atoms with Gasteiger partial charge in [0.25, 0.3) is 5.91 Å². The van der Waals surface area contributed by atoms with Crippen LogP contribution in [0.15, 0.2) is 18.2 Å². The minimum atomic E-state index is -1.10. The number of carbonyl (C=O) groups is 6. The third-order valence-corrected chi connectivity index (χ3v) is 8.19. The van der Waals surface area contributed by atoms with Crippen molar-refractivity contribution in [3.05, 3.63) is 29.6 Å². The van der Waals surface area contributed by atoms with Crippen LogP contribution in [0.1, 0.15) is 55.3 Å². The highest BCUT2D eigenvalue weighted by molar-refractivity contribution is 5.99. The molecule has 234 valence electrons. The van der Waals surface area contributed by atoms with E-state index < -0.39 is 41.7 Å². The van der Waals surface area contributed by atoms with Crippen LogP contribution >= 0.6 is 0 Å².